The zero-order valence-electron chi connectivity index (χ0n) is 8.61. The van der Waals surface area contributed by atoms with Crippen LogP contribution in [0.15, 0.2) is 4.52 Å². The van der Waals surface area contributed by atoms with Crippen molar-refractivity contribution in [3.05, 3.63) is 5.69 Å². The first-order valence-electron chi connectivity index (χ1n) is 4.69. The van der Waals surface area contributed by atoms with Gasteiger partial charge < -0.3 is 14.4 Å². The third kappa shape index (κ3) is 1.72. The molecule has 0 aliphatic carbocycles. The Balaban J connectivity index is 2.05. The van der Waals surface area contributed by atoms with Crippen LogP contribution in [0, 0.1) is 0 Å². The van der Waals surface area contributed by atoms with Gasteiger partial charge >= 0.3 is 0 Å². The van der Waals surface area contributed by atoms with Gasteiger partial charge in [-0.3, -0.25) is 0 Å². The van der Waals surface area contributed by atoms with Crippen LogP contribution in [0.5, 0.6) is 5.95 Å². The molecule has 1 aliphatic heterocycles. The number of nitrogens with zero attached hydrogens (tertiary/aromatic N) is 2. The molecule has 1 aliphatic rings. The second kappa shape index (κ2) is 2.95. The van der Waals surface area contributed by atoms with E-state index in [1.807, 2.05) is 20.8 Å². The zero-order valence-corrected chi connectivity index (χ0v) is 8.61. The van der Waals surface area contributed by atoms with Gasteiger partial charge in [0.05, 0.1) is 17.3 Å². The van der Waals surface area contributed by atoms with Crippen LogP contribution in [0.2, 0.25) is 0 Å². The van der Waals surface area contributed by atoms with E-state index in [-0.39, 0.29) is 17.7 Å². The van der Waals surface area contributed by atoms with E-state index < -0.39 is 0 Å². The standard InChI is InChI=1S/C9H14N2O3/c1-9(2,3)13-6-4-7-8(12)14-10-11(7)5-6/h6H,4-5H2,1-3H3. The molecule has 1 aromatic rings. The lowest BCUT2D eigenvalue weighted by Crippen LogP contribution is -2.39. The number of hydrogen-bond donors (Lipinski definition) is 0. The van der Waals surface area contributed by atoms with Crippen LogP contribution in [-0.2, 0) is 17.7 Å². The predicted molar refractivity (Wildman–Crippen MR) is 44.5 cm³/mol. The summed E-state index contributed by atoms with van der Waals surface area (Å²) in [6, 6.07) is 0. The van der Waals surface area contributed by atoms with Crippen LogP contribution >= 0.6 is 0 Å². The molecule has 0 saturated carbocycles. The molecule has 2 heterocycles. The van der Waals surface area contributed by atoms with Crippen LogP contribution in [0.1, 0.15) is 26.5 Å². The molecule has 0 bridgehead atoms. The summed E-state index contributed by atoms with van der Waals surface area (Å²) in [4.78, 5) is 0. The highest BCUT2D eigenvalue weighted by Gasteiger charge is 2.35. The minimum Gasteiger partial charge on any atom is -0.539 e. The Morgan fingerprint density at radius 1 is 1.57 bits per heavy atom. The molecular formula is C9H14N2O3. The molecule has 2 rings (SSSR count). The summed E-state index contributed by atoms with van der Waals surface area (Å²) in [6.45, 7) is 6.60. The Bertz CT molecular complexity index is 340. The van der Waals surface area contributed by atoms with Crippen molar-refractivity contribution < 1.29 is 19.0 Å². The highest BCUT2D eigenvalue weighted by molar-refractivity contribution is 5.06. The van der Waals surface area contributed by atoms with Crippen molar-refractivity contribution in [2.45, 2.75) is 45.4 Å². The van der Waals surface area contributed by atoms with Crippen molar-refractivity contribution in [3.63, 3.8) is 0 Å². The van der Waals surface area contributed by atoms with E-state index in [0.717, 1.165) is 0 Å². The topological polar surface area (TPSA) is 62.2 Å². The number of fused-ring (bicyclic) bond motifs is 1. The molecule has 0 aromatic carbocycles. The van der Waals surface area contributed by atoms with E-state index >= 15 is 0 Å². The summed E-state index contributed by atoms with van der Waals surface area (Å²) in [5.41, 5.74) is 0.425. The molecule has 1 unspecified atom stereocenters. The predicted octanol–water partition coefficient (Wildman–Crippen LogP) is -0.225. The lowest BCUT2D eigenvalue weighted by Gasteiger charge is -2.22. The average molecular weight is 198 g/mol. The Morgan fingerprint density at radius 2 is 2.29 bits per heavy atom. The minimum atomic E-state index is -0.343. The first-order chi connectivity index (χ1) is 6.46. The monoisotopic (exact) mass is 198 g/mol. The number of rotatable bonds is 1. The highest BCUT2D eigenvalue weighted by atomic mass is 16.6. The Hall–Kier alpha value is -1.10. The average Bonchev–Trinajstić information content (AvgIpc) is 2.51. The van der Waals surface area contributed by atoms with Gasteiger partial charge in [-0.15, -0.1) is 0 Å². The van der Waals surface area contributed by atoms with E-state index in [1.54, 1.807) is 4.68 Å². The van der Waals surface area contributed by atoms with Crippen LogP contribution in [0.25, 0.3) is 0 Å². The van der Waals surface area contributed by atoms with Crippen molar-refractivity contribution >= 4 is 0 Å². The lowest BCUT2D eigenvalue weighted by atomic mass is 10.1. The van der Waals surface area contributed by atoms with E-state index in [2.05, 4.69) is 9.79 Å². The van der Waals surface area contributed by atoms with Crippen LogP contribution in [0.4, 0.5) is 0 Å². The largest absolute Gasteiger partial charge is 0.539 e. The van der Waals surface area contributed by atoms with Crippen molar-refractivity contribution in [1.82, 2.24) is 5.27 Å². The summed E-state index contributed by atoms with van der Waals surface area (Å²) in [5.74, 6) is -0.343. The second-order valence-electron chi connectivity index (χ2n) is 4.55. The van der Waals surface area contributed by atoms with E-state index in [4.69, 9.17) is 4.74 Å². The van der Waals surface area contributed by atoms with Gasteiger partial charge in [-0.05, 0) is 20.8 Å². The lowest BCUT2D eigenvalue weighted by molar-refractivity contribution is -0.760. The molecule has 5 heteroatoms. The highest BCUT2D eigenvalue weighted by Crippen LogP contribution is 2.21. The molecule has 1 atom stereocenters. The number of ether oxygens (including phenoxy) is 1. The molecule has 0 N–H and O–H groups in total. The van der Waals surface area contributed by atoms with Gasteiger partial charge in [-0.2, -0.15) is 0 Å². The summed E-state index contributed by atoms with van der Waals surface area (Å²) in [5, 5.41) is 14.7. The fraction of sp³-hybridized carbons (Fsp3) is 0.778. The Labute approximate surface area is 82.3 Å². The Morgan fingerprint density at radius 3 is 2.86 bits per heavy atom. The quantitative estimate of drug-likeness (QED) is 0.585. The van der Waals surface area contributed by atoms with E-state index in [9.17, 15) is 5.11 Å². The molecule has 0 radical (unpaired) electrons. The first-order valence-corrected chi connectivity index (χ1v) is 4.69. The second-order valence-corrected chi connectivity index (χ2v) is 4.55. The summed E-state index contributed by atoms with van der Waals surface area (Å²) in [6.07, 6.45) is 0.640. The summed E-state index contributed by atoms with van der Waals surface area (Å²) in [7, 11) is 0. The smallest absolute Gasteiger partial charge is 0.236 e. The van der Waals surface area contributed by atoms with E-state index in [0.29, 0.717) is 18.7 Å². The van der Waals surface area contributed by atoms with Crippen LogP contribution in [-0.4, -0.2) is 17.0 Å². The van der Waals surface area contributed by atoms with Gasteiger partial charge in [-0.25, -0.2) is 0 Å². The molecule has 1 aromatic heterocycles. The van der Waals surface area contributed by atoms with Crippen LogP contribution in [0.3, 0.4) is 0 Å². The number of aromatic nitrogens is 2. The van der Waals surface area contributed by atoms with Crippen molar-refractivity contribution in [3.8, 4) is 5.95 Å². The van der Waals surface area contributed by atoms with Gasteiger partial charge in [0.2, 0.25) is 12.2 Å². The van der Waals surface area contributed by atoms with E-state index in [1.165, 1.54) is 0 Å². The molecule has 0 saturated heterocycles. The molecule has 0 spiro atoms. The first kappa shape index (κ1) is 9.45. The molecule has 0 fully saturated rings. The van der Waals surface area contributed by atoms with Gasteiger partial charge in [0, 0.05) is 0 Å². The maximum absolute atomic E-state index is 11.1. The molecule has 5 nitrogen and oxygen atoms in total. The van der Waals surface area contributed by atoms with Crippen molar-refractivity contribution in [2.24, 2.45) is 0 Å². The summed E-state index contributed by atoms with van der Waals surface area (Å²) >= 11 is 0. The third-order valence-corrected chi connectivity index (χ3v) is 2.09. The Kier molecular flexibility index (Phi) is 1.99. The molecule has 14 heavy (non-hydrogen) atoms. The molecule has 0 amide bonds. The van der Waals surface area contributed by atoms with Crippen molar-refractivity contribution in [2.75, 3.05) is 0 Å². The maximum Gasteiger partial charge on any atom is 0.236 e. The maximum atomic E-state index is 11.1. The van der Waals surface area contributed by atoms with Crippen LogP contribution < -0.4 is 9.79 Å². The summed E-state index contributed by atoms with van der Waals surface area (Å²) < 4.78 is 11.9. The molecule has 78 valence electrons. The fourth-order valence-corrected chi connectivity index (χ4v) is 1.68. The van der Waals surface area contributed by atoms with Crippen molar-refractivity contribution in [1.29, 1.82) is 0 Å². The minimum absolute atomic E-state index is 0.0431. The fourth-order valence-electron chi connectivity index (χ4n) is 1.68. The van der Waals surface area contributed by atoms with Gasteiger partial charge in [0.15, 0.2) is 5.95 Å². The normalized spacial score (nSPS) is 21.2. The zero-order chi connectivity index (χ0) is 10.3. The van der Waals surface area contributed by atoms with Gasteiger partial charge in [0.1, 0.15) is 6.10 Å². The SMILES string of the molecule is CC(C)(C)OC1Cc2c([O-])on[n+]2C1. The molecular weight excluding hydrogens is 184 g/mol. The van der Waals surface area contributed by atoms with Gasteiger partial charge in [0.25, 0.3) is 0 Å². The van der Waals surface area contributed by atoms with Gasteiger partial charge in [-0.1, -0.05) is 4.68 Å². The number of hydrogen-bond acceptors (Lipinski definition) is 4. The third-order valence-electron chi connectivity index (χ3n) is 2.09.